The average molecular weight is 649 g/mol. The number of nitrogens with one attached hydrogen (secondary N) is 1. The van der Waals surface area contributed by atoms with E-state index >= 15 is 4.39 Å². The molecule has 1 N–H and O–H groups in total. The van der Waals surface area contributed by atoms with E-state index in [1.165, 1.54) is 11.6 Å². The number of nitrogens with zero attached hydrogens (tertiary/aromatic N) is 5. The van der Waals surface area contributed by atoms with Gasteiger partial charge in [0.2, 0.25) is 0 Å². The number of ether oxygens (including phenoxy) is 2. The zero-order valence-corrected chi connectivity index (χ0v) is 26.9. The second-order valence-corrected chi connectivity index (χ2v) is 14.3. The predicted octanol–water partition coefficient (Wildman–Crippen LogP) is 5.77. The Hall–Kier alpha value is -4.17. The summed E-state index contributed by atoms with van der Waals surface area (Å²) in [5.74, 6) is 1.92. The van der Waals surface area contributed by atoms with Gasteiger partial charge < -0.3 is 19.7 Å². The summed E-state index contributed by atoms with van der Waals surface area (Å²) in [7, 11) is 0. The van der Waals surface area contributed by atoms with Crippen LogP contribution in [0.2, 0.25) is 0 Å². The molecule has 48 heavy (non-hydrogen) atoms. The summed E-state index contributed by atoms with van der Waals surface area (Å²) in [5, 5.41) is 5.32. The lowest BCUT2D eigenvalue weighted by atomic mass is 9.94. The van der Waals surface area contributed by atoms with Crippen molar-refractivity contribution in [2.75, 3.05) is 37.7 Å². The second kappa shape index (κ2) is 11.5. The zero-order chi connectivity index (χ0) is 32.6. The summed E-state index contributed by atoms with van der Waals surface area (Å²) in [4.78, 5) is 19.0. The van der Waals surface area contributed by atoms with Gasteiger partial charge in [-0.05, 0) is 56.4 Å². The van der Waals surface area contributed by atoms with Gasteiger partial charge in [-0.1, -0.05) is 42.3 Å². The van der Waals surface area contributed by atoms with Gasteiger partial charge in [0.1, 0.15) is 29.5 Å². The van der Waals surface area contributed by atoms with E-state index in [9.17, 15) is 4.39 Å². The molecule has 10 heteroatoms. The molecule has 0 amide bonds. The van der Waals surface area contributed by atoms with E-state index in [0.717, 1.165) is 71.2 Å². The molecule has 0 unspecified atom stereocenters. The maximum Gasteiger partial charge on any atom is 0.319 e. The van der Waals surface area contributed by atoms with Gasteiger partial charge in [-0.15, -0.1) is 6.42 Å². The fourth-order valence-corrected chi connectivity index (χ4v) is 8.61. The van der Waals surface area contributed by atoms with Crippen LogP contribution in [0.5, 0.6) is 6.01 Å². The lowest BCUT2D eigenvalue weighted by Gasteiger charge is -2.35. The van der Waals surface area contributed by atoms with Crippen molar-refractivity contribution in [1.82, 2.24) is 25.2 Å². The van der Waals surface area contributed by atoms with Crippen molar-refractivity contribution in [2.24, 2.45) is 0 Å². The molecule has 5 aliphatic rings. The molecular weight excluding hydrogens is 610 g/mol. The van der Waals surface area contributed by atoms with Gasteiger partial charge in [0, 0.05) is 54.9 Å². The minimum absolute atomic E-state index is 0.0531. The highest BCUT2D eigenvalue weighted by Crippen LogP contribution is 2.45. The number of piperazine rings is 1. The predicted molar refractivity (Wildman–Crippen MR) is 181 cm³/mol. The lowest BCUT2D eigenvalue weighted by molar-refractivity contribution is 0.0307. The first-order valence-electron chi connectivity index (χ1n) is 17.1. The molecule has 8 nitrogen and oxygen atoms in total. The number of fused-ring (bicyclic) bond motifs is 5. The fraction of sp³-hybridized carbons (Fsp3) is 0.447. The average Bonchev–Trinajstić information content (AvgIpc) is 3.68. The molecule has 4 saturated heterocycles. The molecule has 2 aromatic carbocycles. The monoisotopic (exact) mass is 648 g/mol. The van der Waals surface area contributed by atoms with Gasteiger partial charge in [0.15, 0.2) is 5.82 Å². The number of benzene rings is 2. The fourth-order valence-electron chi connectivity index (χ4n) is 8.61. The van der Waals surface area contributed by atoms with Gasteiger partial charge in [-0.2, -0.15) is 9.97 Å². The SMILES string of the molecule is C#Cc1c(F)ccc2cccc(-c3ncc4c(N5C[C@H]6CC[C@@H](C5)N6)nc(OC[C@@]56CC[C@@H](COC7CC7)N5CC(=C)C6)nc4c3F)c12. The van der Waals surface area contributed by atoms with Gasteiger partial charge in [-0.3, -0.25) is 9.88 Å². The van der Waals surface area contributed by atoms with Crippen molar-refractivity contribution in [1.29, 1.82) is 0 Å². The summed E-state index contributed by atoms with van der Waals surface area (Å²) in [5.41, 5.74) is 1.62. The third-order valence-corrected chi connectivity index (χ3v) is 11.0. The van der Waals surface area contributed by atoms with Crippen molar-refractivity contribution < 1.29 is 18.3 Å². The molecule has 5 fully saturated rings. The van der Waals surface area contributed by atoms with Crippen LogP contribution in [-0.2, 0) is 4.74 Å². The van der Waals surface area contributed by atoms with Gasteiger partial charge in [0.05, 0.1) is 29.2 Å². The Morgan fingerprint density at radius 3 is 2.69 bits per heavy atom. The van der Waals surface area contributed by atoms with E-state index < -0.39 is 11.6 Å². The first-order chi connectivity index (χ1) is 23.4. The van der Waals surface area contributed by atoms with Crippen LogP contribution >= 0.6 is 0 Å². The maximum atomic E-state index is 16.9. The third-order valence-electron chi connectivity index (χ3n) is 11.0. The Morgan fingerprint density at radius 1 is 1.06 bits per heavy atom. The highest BCUT2D eigenvalue weighted by Gasteiger charge is 2.51. The summed E-state index contributed by atoms with van der Waals surface area (Å²) in [6.07, 6.45) is 15.1. The standard InChI is InChI=1S/C38H38F2N6O2/c1-3-28-31(39)12-7-23-5-4-6-29(32(23)28)34-33(40)35-30(16-41-34)36(45-18-24-8-9-25(19-45)42-24)44-37(43-35)48-21-38-14-13-26(20-47-27-10-11-27)46(38)17-22(2)15-38/h1,4-7,12,16,24-27,42H,2,8-11,13-15,17-21H2/t24-,25+,26-,38-/m0/s1. The summed E-state index contributed by atoms with van der Waals surface area (Å²) < 4.78 is 44.4. The van der Waals surface area contributed by atoms with Crippen molar-refractivity contribution in [3.05, 3.63) is 65.9 Å². The lowest BCUT2D eigenvalue weighted by Crippen LogP contribution is -2.51. The number of halogens is 2. The molecule has 9 rings (SSSR count). The van der Waals surface area contributed by atoms with Crippen LogP contribution in [0, 0.1) is 24.0 Å². The molecule has 0 radical (unpaired) electrons. The number of hydrogen-bond acceptors (Lipinski definition) is 8. The van der Waals surface area contributed by atoms with Crippen LogP contribution in [0.25, 0.3) is 32.9 Å². The number of hydrogen-bond donors (Lipinski definition) is 1. The summed E-state index contributed by atoms with van der Waals surface area (Å²) in [6, 6.07) is 9.46. The molecule has 246 valence electrons. The van der Waals surface area contributed by atoms with Gasteiger partial charge >= 0.3 is 6.01 Å². The van der Waals surface area contributed by atoms with Crippen LogP contribution in [0.3, 0.4) is 0 Å². The molecule has 4 aliphatic heterocycles. The first-order valence-corrected chi connectivity index (χ1v) is 17.1. The topological polar surface area (TPSA) is 75.6 Å². The molecule has 6 heterocycles. The Kier molecular flexibility index (Phi) is 7.15. The number of aromatic nitrogens is 3. The Bertz CT molecular complexity index is 2000. The van der Waals surface area contributed by atoms with E-state index in [0.29, 0.717) is 58.4 Å². The molecule has 1 saturated carbocycles. The Morgan fingerprint density at radius 2 is 1.90 bits per heavy atom. The molecule has 4 aromatic rings. The van der Waals surface area contributed by atoms with Crippen LogP contribution in [-0.4, -0.2) is 82.5 Å². The van der Waals surface area contributed by atoms with Crippen LogP contribution in [0.4, 0.5) is 14.6 Å². The minimum atomic E-state index is -0.619. The second-order valence-electron chi connectivity index (χ2n) is 14.3. The largest absolute Gasteiger partial charge is 0.461 e. The van der Waals surface area contributed by atoms with Crippen molar-refractivity contribution in [2.45, 2.75) is 74.7 Å². The van der Waals surface area contributed by atoms with Crippen molar-refractivity contribution in [3.63, 3.8) is 0 Å². The van der Waals surface area contributed by atoms with Crippen LogP contribution in [0.15, 0.2) is 48.7 Å². The zero-order valence-electron chi connectivity index (χ0n) is 26.9. The third kappa shape index (κ3) is 5.02. The molecule has 0 spiro atoms. The summed E-state index contributed by atoms with van der Waals surface area (Å²) in [6.45, 7) is 7.75. The summed E-state index contributed by atoms with van der Waals surface area (Å²) >= 11 is 0. The Labute approximate surface area is 278 Å². The number of terminal acetylenes is 1. The highest BCUT2D eigenvalue weighted by molar-refractivity contribution is 6.02. The van der Waals surface area contributed by atoms with E-state index in [4.69, 9.17) is 25.9 Å². The maximum absolute atomic E-state index is 16.9. The number of anilines is 1. The molecule has 2 bridgehead atoms. The van der Waals surface area contributed by atoms with Gasteiger partial charge in [-0.25, -0.2) is 8.78 Å². The van der Waals surface area contributed by atoms with Crippen LogP contribution < -0.4 is 15.0 Å². The Balaban J connectivity index is 1.12. The molecular formula is C38H38F2N6O2. The number of rotatable bonds is 8. The van der Waals surface area contributed by atoms with E-state index in [2.05, 4.69) is 32.6 Å². The van der Waals surface area contributed by atoms with Crippen molar-refractivity contribution in [3.8, 4) is 29.6 Å². The van der Waals surface area contributed by atoms with E-state index in [1.54, 1.807) is 24.4 Å². The smallest absolute Gasteiger partial charge is 0.319 e. The number of pyridine rings is 1. The highest BCUT2D eigenvalue weighted by atomic mass is 19.1. The first kappa shape index (κ1) is 29.9. The van der Waals surface area contributed by atoms with E-state index in [1.807, 2.05) is 6.07 Å². The van der Waals surface area contributed by atoms with Crippen LogP contribution in [0.1, 0.15) is 50.5 Å². The minimum Gasteiger partial charge on any atom is -0.461 e. The normalized spacial score (nSPS) is 26.8. The quantitative estimate of drug-likeness (QED) is 0.191. The molecule has 4 atom stereocenters. The molecule has 1 aliphatic carbocycles. The van der Waals surface area contributed by atoms with E-state index in [-0.39, 0.29) is 28.3 Å². The molecule has 2 aromatic heterocycles. The van der Waals surface area contributed by atoms with Gasteiger partial charge in [0.25, 0.3) is 0 Å². The van der Waals surface area contributed by atoms with Crippen molar-refractivity contribution >= 4 is 27.5 Å².